The van der Waals surface area contributed by atoms with Crippen LogP contribution in [-0.2, 0) is 33.8 Å². The molecule has 10 rings (SSSR count). The molecule has 6 heterocycles. The van der Waals surface area contributed by atoms with Crippen LogP contribution < -0.4 is 9.47 Å². The molecule has 348 valence electrons. The highest BCUT2D eigenvalue weighted by atomic mass is 19.1. The third-order valence-electron chi connectivity index (χ3n) is 12.5. The minimum atomic E-state index is -0.751. The van der Waals surface area contributed by atoms with E-state index in [4.69, 9.17) is 28.9 Å². The van der Waals surface area contributed by atoms with Gasteiger partial charge < -0.3 is 28.1 Å². The summed E-state index contributed by atoms with van der Waals surface area (Å²) in [4.78, 5) is 18.2. The van der Waals surface area contributed by atoms with Gasteiger partial charge in [0.1, 0.15) is 23.1 Å². The molecule has 0 aliphatic carbocycles. The van der Waals surface area contributed by atoms with Crippen molar-refractivity contribution >= 4 is 24.3 Å². The SMILES string of the molecule is COc1cc(/C=C/c2nc3n(n2)CCC[C@@]3(OC)c2ccc(F)cc2)ccc1-n1cnc(C)c1.COc1cc(/C=C/c2nc3n(n2)CCC[C@]3(OC)c2ccc(F)cc2)ccc1-n1cnc(C)c1. The highest BCUT2D eigenvalue weighted by Gasteiger charge is 2.43. The lowest BCUT2D eigenvalue weighted by Gasteiger charge is -2.35. The zero-order valence-corrected chi connectivity index (χ0v) is 38.8. The van der Waals surface area contributed by atoms with Gasteiger partial charge in [-0.25, -0.2) is 38.1 Å². The van der Waals surface area contributed by atoms with E-state index in [1.165, 1.54) is 24.3 Å². The van der Waals surface area contributed by atoms with Gasteiger partial charge in [-0.2, -0.15) is 10.2 Å². The summed E-state index contributed by atoms with van der Waals surface area (Å²) < 4.78 is 57.9. The fourth-order valence-electron chi connectivity index (χ4n) is 9.03. The number of methoxy groups -OCH3 is 4. The molecule has 0 saturated carbocycles. The van der Waals surface area contributed by atoms with E-state index in [0.29, 0.717) is 11.6 Å². The molecule has 2 aliphatic heterocycles. The van der Waals surface area contributed by atoms with Gasteiger partial charge in [-0.05, 0) is 122 Å². The van der Waals surface area contributed by atoms with Crippen molar-refractivity contribution in [2.24, 2.45) is 0 Å². The molecule has 0 radical (unpaired) electrons. The van der Waals surface area contributed by atoms with Crippen molar-refractivity contribution in [3.05, 3.63) is 179 Å². The summed E-state index contributed by atoms with van der Waals surface area (Å²) in [6.07, 6.45) is 18.4. The summed E-state index contributed by atoms with van der Waals surface area (Å²) in [6.45, 7) is 5.42. The molecule has 4 aromatic carbocycles. The second-order valence-electron chi connectivity index (χ2n) is 16.7. The standard InChI is InChI=1S/2C26H26FN5O2/c2*1-18-16-31(17-28-18)22-11-5-19(15-23(22)33-2)6-12-24-29-25-26(34-3,13-4-14-32(25)30-24)20-7-9-21(27)10-8-20/h2*5-12,15-17H,4,13-14H2,1-3H3/b2*12-6+/t2*26-/m10/s1. The number of benzene rings is 4. The van der Waals surface area contributed by atoms with E-state index in [1.54, 1.807) is 65.4 Å². The molecule has 8 aromatic rings. The van der Waals surface area contributed by atoms with Crippen LogP contribution in [0.3, 0.4) is 0 Å². The van der Waals surface area contributed by atoms with Crippen LogP contribution in [-0.4, -0.2) is 77.1 Å². The van der Waals surface area contributed by atoms with Crippen LogP contribution in [0.15, 0.2) is 110 Å². The summed E-state index contributed by atoms with van der Waals surface area (Å²) in [6, 6.07) is 24.8. The fraction of sp³-hybridized carbons (Fsp3) is 0.269. The molecule has 14 nitrogen and oxygen atoms in total. The molecule has 68 heavy (non-hydrogen) atoms. The van der Waals surface area contributed by atoms with E-state index in [-0.39, 0.29) is 11.6 Å². The van der Waals surface area contributed by atoms with E-state index >= 15 is 0 Å². The quantitative estimate of drug-likeness (QED) is 0.117. The van der Waals surface area contributed by atoms with Gasteiger partial charge in [0.05, 0.1) is 49.6 Å². The predicted octanol–water partition coefficient (Wildman–Crippen LogP) is 9.55. The Hall–Kier alpha value is -7.56. The summed E-state index contributed by atoms with van der Waals surface area (Å²) in [5.41, 5.74) is 5.87. The first kappa shape index (κ1) is 45.6. The number of hydrogen-bond acceptors (Lipinski definition) is 10. The molecule has 0 fully saturated rings. The van der Waals surface area contributed by atoms with Crippen molar-refractivity contribution in [2.75, 3.05) is 28.4 Å². The van der Waals surface area contributed by atoms with Crippen molar-refractivity contribution in [3.63, 3.8) is 0 Å². The van der Waals surface area contributed by atoms with Gasteiger partial charge in [-0.15, -0.1) is 0 Å². The van der Waals surface area contributed by atoms with E-state index in [2.05, 4.69) is 20.2 Å². The number of ether oxygens (including phenoxy) is 4. The van der Waals surface area contributed by atoms with Crippen LogP contribution in [0, 0.1) is 25.5 Å². The molecule has 0 unspecified atom stereocenters. The fourth-order valence-corrected chi connectivity index (χ4v) is 9.03. The van der Waals surface area contributed by atoms with Crippen LogP contribution in [0.1, 0.15) is 82.6 Å². The average Bonchev–Trinajstić information content (AvgIpc) is 4.20. The molecule has 2 atom stereocenters. The van der Waals surface area contributed by atoms with E-state index < -0.39 is 11.2 Å². The lowest BCUT2D eigenvalue weighted by atomic mass is 9.86. The zero-order chi connectivity index (χ0) is 47.4. The molecule has 0 amide bonds. The van der Waals surface area contributed by atoms with Gasteiger partial charge >= 0.3 is 0 Å². The topological polar surface area (TPSA) is 134 Å². The van der Waals surface area contributed by atoms with Gasteiger partial charge in [0.2, 0.25) is 0 Å². The van der Waals surface area contributed by atoms with Gasteiger partial charge in [-0.3, -0.25) is 0 Å². The third kappa shape index (κ3) is 8.99. The summed E-state index contributed by atoms with van der Waals surface area (Å²) in [7, 11) is 6.64. The molecular weight excluding hydrogens is 867 g/mol. The normalized spacial score (nSPS) is 17.8. The first-order valence-electron chi connectivity index (χ1n) is 22.3. The van der Waals surface area contributed by atoms with Crippen molar-refractivity contribution in [2.45, 2.75) is 63.8 Å². The van der Waals surface area contributed by atoms with Crippen molar-refractivity contribution in [3.8, 4) is 22.9 Å². The van der Waals surface area contributed by atoms with Gasteiger partial charge in [0, 0.05) is 39.7 Å². The first-order valence-corrected chi connectivity index (χ1v) is 22.3. The second kappa shape index (κ2) is 19.3. The van der Waals surface area contributed by atoms with Crippen LogP contribution in [0.25, 0.3) is 35.7 Å². The Morgan fingerprint density at radius 2 is 0.956 bits per heavy atom. The molecule has 16 heteroatoms. The van der Waals surface area contributed by atoms with Crippen molar-refractivity contribution in [1.29, 1.82) is 0 Å². The number of rotatable bonds is 12. The number of hydrogen-bond donors (Lipinski definition) is 0. The maximum atomic E-state index is 13.5. The smallest absolute Gasteiger partial charge is 0.174 e. The third-order valence-corrected chi connectivity index (χ3v) is 12.5. The minimum absolute atomic E-state index is 0.277. The number of nitrogens with zero attached hydrogens (tertiary/aromatic N) is 10. The number of imidazole rings is 2. The molecule has 4 aromatic heterocycles. The zero-order valence-electron chi connectivity index (χ0n) is 38.8. The Labute approximate surface area is 393 Å². The van der Waals surface area contributed by atoms with E-state index in [0.717, 1.165) is 107 Å². The number of aryl methyl sites for hydroxylation is 4. The second-order valence-corrected chi connectivity index (χ2v) is 16.7. The minimum Gasteiger partial charge on any atom is -0.495 e. The first-order chi connectivity index (χ1) is 33.0. The summed E-state index contributed by atoms with van der Waals surface area (Å²) in [5.74, 6) is 3.58. The molecule has 2 aliphatic rings. The monoisotopic (exact) mass is 918 g/mol. The van der Waals surface area contributed by atoms with Crippen molar-refractivity contribution in [1.82, 2.24) is 48.6 Å². The van der Waals surface area contributed by atoms with Gasteiger partial charge in [0.25, 0.3) is 0 Å². The molecular formula is C52H52F2N10O4. The molecule has 0 spiro atoms. The number of fused-ring (bicyclic) bond motifs is 2. The number of halogens is 2. The van der Waals surface area contributed by atoms with Gasteiger partial charge in [-0.1, -0.05) is 48.6 Å². The largest absolute Gasteiger partial charge is 0.495 e. The summed E-state index contributed by atoms with van der Waals surface area (Å²) >= 11 is 0. The Bertz CT molecular complexity index is 2890. The lowest BCUT2D eigenvalue weighted by molar-refractivity contribution is -0.00963. The average molecular weight is 919 g/mol. The number of aromatic nitrogens is 10. The molecule has 0 N–H and O–H groups in total. The van der Waals surface area contributed by atoms with Crippen molar-refractivity contribution < 1.29 is 27.7 Å². The van der Waals surface area contributed by atoms with Crippen LogP contribution in [0.2, 0.25) is 0 Å². The van der Waals surface area contributed by atoms with Crippen LogP contribution in [0.4, 0.5) is 8.78 Å². The Morgan fingerprint density at radius 1 is 0.544 bits per heavy atom. The Balaban J connectivity index is 0.000000170. The van der Waals surface area contributed by atoms with Gasteiger partial charge in [0.15, 0.2) is 34.5 Å². The van der Waals surface area contributed by atoms with E-state index in [1.807, 2.05) is 105 Å². The molecule has 0 bridgehead atoms. The lowest BCUT2D eigenvalue weighted by Crippen LogP contribution is -2.37. The Kier molecular flexibility index (Phi) is 13.0. The highest BCUT2D eigenvalue weighted by Crippen LogP contribution is 2.41. The highest BCUT2D eigenvalue weighted by molar-refractivity contribution is 5.70. The van der Waals surface area contributed by atoms with E-state index in [9.17, 15) is 8.78 Å². The predicted molar refractivity (Wildman–Crippen MR) is 254 cm³/mol. The maximum Gasteiger partial charge on any atom is 0.174 e. The maximum absolute atomic E-state index is 13.5. The summed E-state index contributed by atoms with van der Waals surface area (Å²) in [5, 5.41) is 9.37. The van der Waals surface area contributed by atoms with Crippen LogP contribution in [0.5, 0.6) is 11.5 Å². The molecule has 0 saturated heterocycles. The van der Waals surface area contributed by atoms with Crippen LogP contribution >= 0.6 is 0 Å². The Morgan fingerprint density at radius 3 is 1.31 bits per heavy atom.